The van der Waals surface area contributed by atoms with Gasteiger partial charge >= 0.3 is 0 Å². The first-order valence-electron chi connectivity index (χ1n) is 11.0. The minimum absolute atomic E-state index is 0.226. The number of anilines is 1. The van der Waals surface area contributed by atoms with Crippen LogP contribution < -0.4 is 9.64 Å². The minimum atomic E-state index is -3.76. The van der Waals surface area contributed by atoms with Gasteiger partial charge in [-0.3, -0.25) is 4.90 Å². The molecule has 0 saturated carbocycles. The first-order valence-corrected chi connectivity index (χ1v) is 13.3. The van der Waals surface area contributed by atoms with Crippen LogP contribution in [0.4, 0.5) is 5.82 Å². The molecule has 1 saturated heterocycles. The number of halogens is 1. The SMILES string of the molecule is COc1ccc(S(=O)(=O)n2cc(CN3CCN(c4ccccn4)CC3)c3cc(Br)ccc32)cc1. The van der Waals surface area contributed by atoms with E-state index in [0.29, 0.717) is 17.8 Å². The van der Waals surface area contributed by atoms with E-state index in [2.05, 4.69) is 30.7 Å². The molecule has 1 aliphatic heterocycles. The molecule has 5 rings (SSSR count). The van der Waals surface area contributed by atoms with E-state index in [1.807, 2.05) is 42.6 Å². The standard InChI is InChI=1S/C25H25BrN4O3S/c1-33-21-6-8-22(9-7-21)34(31,32)30-18-19(23-16-20(26)5-10-24(23)30)17-28-12-14-29(15-13-28)25-4-2-3-11-27-25/h2-11,16,18H,12-15,17H2,1H3. The van der Waals surface area contributed by atoms with Gasteiger partial charge in [-0.1, -0.05) is 22.0 Å². The molecule has 0 unspecified atom stereocenters. The van der Waals surface area contributed by atoms with Crippen LogP contribution in [0.2, 0.25) is 0 Å². The molecular formula is C25H25BrN4O3S. The van der Waals surface area contributed by atoms with Crippen LogP contribution in [0, 0.1) is 0 Å². The van der Waals surface area contributed by atoms with Crippen molar-refractivity contribution in [2.45, 2.75) is 11.4 Å². The molecule has 9 heteroatoms. The lowest BCUT2D eigenvalue weighted by atomic mass is 10.1. The Morgan fingerprint density at radius 2 is 1.76 bits per heavy atom. The Hall–Kier alpha value is -2.88. The van der Waals surface area contributed by atoms with Gasteiger partial charge in [0.05, 0.1) is 17.5 Å². The maximum atomic E-state index is 13.5. The molecule has 176 valence electrons. The second-order valence-corrected chi connectivity index (χ2v) is 11.0. The number of methoxy groups -OCH3 is 1. The predicted octanol–water partition coefficient (Wildman–Crippen LogP) is 4.37. The zero-order chi connectivity index (χ0) is 23.7. The number of rotatable bonds is 6. The lowest BCUT2D eigenvalue weighted by Gasteiger charge is -2.35. The van der Waals surface area contributed by atoms with Crippen molar-refractivity contribution in [2.24, 2.45) is 0 Å². The Morgan fingerprint density at radius 1 is 1.00 bits per heavy atom. The molecule has 34 heavy (non-hydrogen) atoms. The Bertz CT molecular complexity index is 1400. The van der Waals surface area contributed by atoms with Gasteiger partial charge in [0.25, 0.3) is 10.0 Å². The van der Waals surface area contributed by atoms with Gasteiger partial charge in [0.15, 0.2) is 0 Å². The number of ether oxygens (including phenoxy) is 1. The third-order valence-electron chi connectivity index (χ3n) is 6.17. The third-order valence-corrected chi connectivity index (χ3v) is 8.35. The maximum absolute atomic E-state index is 13.5. The van der Waals surface area contributed by atoms with E-state index in [0.717, 1.165) is 47.4 Å². The highest BCUT2D eigenvalue weighted by Gasteiger charge is 2.24. The first kappa shape index (κ1) is 22.9. The number of aromatic nitrogens is 2. The van der Waals surface area contributed by atoms with Gasteiger partial charge in [-0.15, -0.1) is 0 Å². The zero-order valence-corrected chi connectivity index (χ0v) is 21.2. The van der Waals surface area contributed by atoms with E-state index in [1.165, 1.54) is 3.97 Å². The number of fused-ring (bicyclic) bond motifs is 1. The summed E-state index contributed by atoms with van der Waals surface area (Å²) in [5.41, 5.74) is 1.65. The molecule has 0 atom stereocenters. The van der Waals surface area contributed by atoms with Crippen molar-refractivity contribution in [2.75, 3.05) is 38.2 Å². The fourth-order valence-corrected chi connectivity index (χ4v) is 6.09. The summed E-state index contributed by atoms with van der Waals surface area (Å²) < 4.78 is 34.5. The van der Waals surface area contributed by atoms with Crippen molar-refractivity contribution in [3.8, 4) is 5.75 Å². The Kier molecular flexibility index (Phi) is 6.33. The lowest BCUT2D eigenvalue weighted by Crippen LogP contribution is -2.46. The molecule has 0 N–H and O–H groups in total. The fourth-order valence-electron chi connectivity index (χ4n) is 4.34. The molecule has 0 amide bonds. The summed E-state index contributed by atoms with van der Waals surface area (Å²) in [6.07, 6.45) is 3.58. The number of piperazine rings is 1. The van der Waals surface area contributed by atoms with Crippen LogP contribution in [0.3, 0.4) is 0 Å². The van der Waals surface area contributed by atoms with Crippen molar-refractivity contribution in [3.63, 3.8) is 0 Å². The number of benzene rings is 2. The van der Waals surface area contributed by atoms with Crippen molar-refractivity contribution in [1.82, 2.24) is 13.9 Å². The van der Waals surface area contributed by atoms with Crippen LogP contribution in [-0.4, -0.2) is 55.6 Å². The van der Waals surface area contributed by atoms with Crippen molar-refractivity contribution >= 4 is 42.7 Å². The molecule has 0 radical (unpaired) electrons. The molecule has 4 aromatic rings. The highest BCUT2D eigenvalue weighted by Crippen LogP contribution is 2.30. The zero-order valence-electron chi connectivity index (χ0n) is 18.8. The Labute approximate surface area is 207 Å². The Morgan fingerprint density at radius 3 is 2.44 bits per heavy atom. The Balaban J connectivity index is 1.43. The number of nitrogens with zero attached hydrogens (tertiary/aromatic N) is 4. The quantitative estimate of drug-likeness (QED) is 0.361. The van der Waals surface area contributed by atoms with Gasteiger partial charge in [0.2, 0.25) is 0 Å². The molecular weight excluding hydrogens is 516 g/mol. The first-order chi connectivity index (χ1) is 16.5. The van der Waals surface area contributed by atoms with Crippen LogP contribution >= 0.6 is 15.9 Å². The van der Waals surface area contributed by atoms with E-state index in [1.54, 1.807) is 37.6 Å². The van der Waals surface area contributed by atoms with Crippen LogP contribution in [0.1, 0.15) is 5.56 Å². The number of pyridine rings is 1. The van der Waals surface area contributed by atoms with Crippen LogP contribution in [0.15, 0.2) is 82.4 Å². The van der Waals surface area contributed by atoms with Gasteiger partial charge < -0.3 is 9.64 Å². The summed E-state index contributed by atoms with van der Waals surface area (Å²) in [5, 5.41) is 0.929. The van der Waals surface area contributed by atoms with Crippen LogP contribution in [-0.2, 0) is 16.6 Å². The fraction of sp³-hybridized carbons (Fsp3) is 0.240. The molecule has 3 heterocycles. The molecule has 1 aliphatic rings. The summed E-state index contributed by atoms with van der Waals surface area (Å²) >= 11 is 3.55. The monoisotopic (exact) mass is 540 g/mol. The summed E-state index contributed by atoms with van der Waals surface area (Å²) in [7, 11) is -2.20. The molecule has 2 aromatic heterocycles. The second kappa shape index (κ2) is 9.40. The van der Waals surface area contributed by atoms with Crippen molar-refractivity contribution in [1.29, 1.82) is 0 Å². The average Bonchev–Trinajstić information content (AvgIpc) is 3.23. The van der Waals surface area contributed by atoms with Crippen LogP contribution in [0.5, 0.6) is 5.75 Å². The smallest absolute Gasteiger partial charge is 0.268 e. The summed E-state index contributed by atoms with van der Waals surface area (Å²) in [5.74, 6) is 1.61. The summed E-state index contributed by atoms with van der Waals surface area (Å²) in [6.45, 7) is 4.19. The number of hydrogen-bond acceptors (Lipinski definition) is 6. The van der Waals surface area contributed by atoms with Gasteiger partial charge in [0.1, 0.15) is 11.6 Å². The van der Waals surface area contributed by atoms with E-state index >= 15 is 0 Å². The van der Waals surface area contributed by atoms with E-state index < -0.39 is 10.0 Å². The average molecular weight is 541 g/mol. The van der Waals surface area contributed by atoms with E-state index in [-0.39, 0.29) is 4.90 Å². The largest absolute Gasteiger partial charge is 0.497 e. The summed E-state index contributed by atoms with van der Waals surface area (Å²) in [4.78, 5) is 9.32. The van der Waals surface area contributed by atoms with E-state index in [4.69, 9.17) is 4.74 Å². The normalized spacial score (nSPS) is 15.1. The molecule has 1 fully saturated rings. The van der Waals surface area contributed by atoms with Gasteiger partial charge in [0, 0.05) is 55.0 Å². The lowest BCUT2D eigenvalue weighted by molar-refractivity contribution is 0.250. The molecule has 7 nitrogen and oxygen atoms in total. The molecule has 0 bridgehead atoms. The van der Waals surface area contributed by atoms with Gasteiger partial charge in [-0.05, 0) is 60.2 Å². The van der Waals surface area contributed by atoms with Gasteiger partial charge in [-0.2, -0.15) is 0 Å². The van der Waals surface area contributed by atoms with Gasteiger partial charge in [-0.25, -0.2) is 17.4 Å². The highest BCUT2D eigenvalue weighted by atomic mass is 79.9. The molecule has 0 spiro atoms. The van der Waals surface area contributed by atoms with E-state index in [9.17, 15) is 8.42 Å². The molecule has 0 aliphatic carbocycles. The second-order valence-electron chi connectivity index (χ2n) is 8.24. The van der Waals surface area contributed by atoms with Crippen LogP contribution in [0.25, 0.3) is 10.9 Å². The summed E-state index contributed by atoms with van der Waals surface area (Å²) in [6, 6.07) is 18.2. The topological polar surface area (TPSA) is 67.7 Å². The maximum Gasteiger partial charge on any atom is 0.268 e. The highest BCUT2D eigenvalue weighted by molar-refractivity contribution is 9.10. The number of hydrogen-bond donors (Lipinski definition) is 0. The van der Waals surface area contributed by atoms with Crippen molar-refractivity contribution < 1.29 is 13.2 Å². The molecule has 2 aromatic carbocycles. The third kappa shape index (κ3) is 4.43. The predicted molar refractivity (Wildman–Crippen MR) is 137 cm³/mol. The minimum Gasteiger partial charge on any atom is -0.497 e. The van der Waals surface area contributed by atoms with Crippen molar-refractivity contribution in [3.05, 3.63) is 83.1 Å².